The predicted octanol–water partition coefficient (Wildman–Crippen LogP) is 2.13. The molecule has 3 rings (SSSR count). The summed E-state index contributed by atoms with van der Waals surface area (Å²) in [5, 5.41) is 2.10. The molecule has 3 heterocycles. The lowest BCUT2D eigenvalue weighted by molar-refractivity contribution is -0.135. The fourth-order valence-corrected chi connectivity index (χ4v) is 3.98. The summed E-state index contributed by atoms with van der Waals surface area (Å²) in [6.45, 7) is 5.91. The SMILES string of the molecule is CC1COCCN1CC(=O)N1CCCC1c1cccs1. The van der Waals surface area contributed by atoms with Crippen molar-refractivity contribution in [1.29, 1.82) is 0 Å². The molecular formula is C15H22N2O2S. The van der Waals surface area contributed by atoms with Crippen LogP contribution in [0.3, 0.4) is 0 Å². The molecule has 0 radical (unpaired) electrons. The van der Waals surface area contributed by atoms with E-state index in [4.69, 9.17) is 4.74 Å². The molecular weight excluding hydrogens is 272 g/mol. The minimum absolute atomic E-state index is 0.273. The van der Waals surface area contributed by atoms with E-state index in [1.807, 2.05) is 0 Å². The molecule has 2 saturated heterocycles. The number of morpholine rings is 1. The van der Waals surface area contributed by atoms with Crippen LogP contribution in [0.4, 0.5) is 0 Å². The highest BCUT2D eigenvalue weighted by molar-refractivity contribution is 7.10. The molecule has 20 heavy (non-hydrogen) atoms. The highest BCUT2D eigenvalue weighted by Gasteiger charge is 2.32. The molecule has 2 atom stereocenters. The van der Waals surface area contributed by atoms with Crippen molar-refractivity contribution in [2.75, 3.05) is 32.8 Å². The van der Waals surface area contributed by atoms with Gasteiger partial charge in [-0.25, -0.2) is 0 Å². The fraction of sp³-hybridized carbons (Fsp3) is 0.667. The average Bonchev–Trinajstić information content (AvgIpc) is 3.11. The first kappa shape index (κ1) is 14.0. The van der Waals surface area contributed by atoms with Crippen LogP contribution < -0.4 is 0 Å². The molecule has 0 aromatic carbocycles. The van der Waals surface area contributed by atoms with Gasteiger partial charge in [0.25, 0.3) is 0 Å². The van der Waals surface area contributed by atoms with Gasteiger partial charge in [0.1, 0.15) is 0 Å². The van der Waals surface area contributed by atoms with Gasteiger partial charge in [-0.2, -0.15) is 0 Å². The Morgan fingerprint density at radius 2 is 2.40 bits per heavy atom. The zero-order valence-corrected chi connectivity index (χ0v) is 12.8. The lowest BCUT2D eigenvalue weighted by Crippen LogP contribution is -2.49. The van der Waals surface area contributed by atoms with E-state index in [-0.39, 0.29) is 5.91 Å². The summed E-state index contributed by atoms with van der Waals surface area (Å²) in [6, 6.07) is 4.87. The van der Waals surface area contributed by atoms with Gasteiger partial charge in [0, 0.05) is 24.0 Å². The number of carbonyl (C=O) groups is 1. The Morgan fingerprint density at radius 1 is 1.50 bits per heavy atom. The van der Waals surface area contributed by atoms with Gasteiger partial charge < -0.3 is 9.64 Å². The monoisotopic (exact) mass is 294 g/mol. The molecule has 2 aliphatic rings. The third-order valence-corrected chi connectivity index (χ3v) is 5.26. The Bertz CT molecular complexity index is 449. The topological polar surface area (TPSA) is 32.8 Å². The van der Waals surface area contributed by atoms with Gasteiger partial charge in [-0.3, -0.25) is 9.69 Å². The van der Waals surface area contributed by atoms with Gasteiger partial charge in [-0.1, -0.05) is 6.07 Å². The van der Waals surface area contributed by atoms with Crippen LogP contribution in [0.2, 0.25) is 0 Å². The van der Waals surface area contributed by atoms with Crippen LogP contribution in [0, 0.1) is 0 Å². The second kappa shape index (κ2) is 6.24. The van der Waals surface area contributed by atoms with Crippen LogP contribution in [-0.2, 0) is 9.53 Å². The van der Waals surface area contributed by atoms with Crippen LogP contribution in [0.5, 0.6) is 0 Å². The maximum Gasteiger partial charge on any atom is 0.237 e. The van der Waals surface area contributed by atoms with Crippen LogP contribution in [-0.4, -0.2) is 54.6 Å². The smallest absolute Gasteiger partial charge is 0.237 e. The fourth-order valence-electron chi connectivity index (χ4n) is 3.10. The normalized spacial score (nSPS) is 27.9. The Balaban J connectivity index is 1.64. The lowest BCUT2D eigenvalue weighted by atomic mass is 10.2. The molecule has 1 aromatic heterocycles. The molecule has 0 saturated carbocycles. The molecule has 0 N–H and O–H groups in total. The van der Waals surface area contributed by atoms with Gasteiger partial charge in [-0.05, 0) is 31.2 Å². The summed E-state index contributed by atoms with van der Waals surface area (Å²) in [6.07, 6.45) is 2.22. The van der Waals surface area contributed by atoms with Crippen molar-refractivity contribution < 1.29 is 9.53 Å². The lowest BCUT2D eigenvalue weighted by Gasteiger charge is -2.34. The van der Waals surface area contributed by atoms with Gasteiger partial charge in [0.15, 0.2) is 0 Å². The highest BCUT2D eigenvalue weighted by Crippen LogP contribution is 2.34. The number of hydrogen-bond donors (Lipinski definition) is 0. The first-order chi connectivity index (χ1) is 9.75. The number of hydrogen-bond acceptors (Lipinski definition) is 4. The van der Waals surface area contributed by atoms with E-state index in [9.17, 15) is 4.79 Å². The van der Waals surface area contributed by atoms with Crippen molar-refractivity contribution in [2.45, 2.75) is 31.8 Å². The summed E-state index contributed by atoms with van der Waals surface area (Å²) in [5.41, 5.74) is 0. The van der Waals surface area contributed by atoms with Crippen molar-refractivity contribution >= 4 is 17.2 Å². The molecule has 1 aromatic rings. The Hall–Kier alpha value is -0.910. The number of likely N-dealkylation sites (tertiary alicyclic amines) is 1. The van der Waals surface area contributed by atoms with Crippen LogP contribution in [0.25, 0.3) is 0 Å². The molecule has 110 valence electrons. The van der Waals surface area contributed by atoms with E-state index in [1.54, 1.807) is 11.3 Å². The number of carbonyl (C=O) groups excluding carboxylic acids is 1. The van der Waals surface area contributed by atoms with Crippen molar-refractivity contribution in [3.63, 3.8) is 0 Å². The quantitative estimate of drug-likeness (QED) is 0.856. The van der Waals surface area contributed by atoms with Crippen molar-refractivity contribution in [3.8, 4) is 0 Å². The zero-order valence-electron chi connectivity index (χ0n) is 12.0. The van der Waals surface area contributed by atoms with Crippen LogP contribution in [0.15, 0.2) is 17.5 Å². The highest BCUT2D eigenvalue weighted by atomic mass is 32.1. The Labute approximate surface area is 124 Å². The second-order valence-electron chi connectivity index (χ2n) is 5.65. The van der Waals surface area contributed by atoms with E-state index in [1.165, 1.54) is 4.88 Å². The van der Waals surface area contributed by atoms with Gasteiger partial charge in [-0.15, -0.1) is 11.3 Å². The molecule has 4 nitrogen and oxygen atoms in total. The maximum absolute atomic E-state index is 12.6. The summed E-state index contributed by atoms with van der Waals surface area (Å²) in [7, 11) is 0. The van der Waals surface area contributed by atoms with E-state index in [0.717, 1.165) is 39.1 Å². The van der Waals surface area contributed by atoms with Gasteiger partial charge in [0.05, 0.1) is 25.8 Å². The summed E-state index contributed by atoms with van der Waals surface area (Å²) < 4.78 is 5.43. The molecule has 0 aliphatic carbocycles. The summed E-state index contributed by atoms with van der Waals surface area (Å²) in [4.78, 5) is 18.3. The summed E-state index contributed by atoms with van der Waals surface area (Å²) in [5.74, 6) is 0.273. The summed E-state index contributed by atoms with van der Waals surface area (Å²) >= 11 is 1.76. The van der Waals surface area contributed by atoms with E-state index in [2.05, 4.69) is 34.2 Å². The van der Waals surface area contributed by atoms with E-state index >= 15 is 0 Å². The number of amides is 1. The molecule has 1 amide bonds. The standard InChI is InChI=1S/C15H22N2O2S/c1-12-11-19-8-7-16(12)10-15(18)17-6-2-4-13(17)14-5-3-9-20-14/h3,5,9,12-13H,2,4,6-8,10-11H2,1H3. The van der Waals surface area contributed by atoms with Crippen molar-refractivity contribution in [1.82, 2.24) is 9.80 Å². The second-order valence-corrected chi connectivity index (χ2v) is 6.63. The zero-order chi connectivity index (χ0) is 13.9. The minimum atomic E-state index is 0.273. The molecule has 2 fully saturated rings. The molecule has 2 aliphatic heterocycles. The number of thiophene rings is 1. The van der Waals surface area contributed by atoms with E-state index in [0.29, 0.717) is 18.6 Å². The van der Waals surface area contributed by atoms with E-state index < -0.39 is 0 Å². The minimum Gasteiger partial charge on any atom is -0.379 e. The third kappa shape index (κ3) is 2.90. The van der Waals surface area contributed by atoms with Crippen LogP contribution in [0.1, 0.15) is 30.7 Å². The van der Waals surface area contributed by atoms with Gasteiger partial charge in [0.2, 0.25) is 5.91 Å². The average molecular weight is 294 g/mol. The van der Waals surface area contributed by atoms with Crippen LogP contribution >= 0.6 is 11.3 Å². The van der Waals surface area contributed by atoms with Gasteiger partial charge >= 0.3 is 0 Å². The Morgan fingerprint density at radius 3 is 3.15 bits per heavy atom. The van der Waals surface area contributed by atoms with Crippen molar-refractivity contribution in [2.24, 2.45) is 0 Å². The van der Waals surface area contributed by atoms with Crippen molar-refractivity contribution in [3.05, 3.63) is 22.4 Å². The molecule has 0 bridgehead atoms. The predicted molar refractivity (Wildman–Crippen MR) is 79.9 cm³/mol. The third-order valence-electron chi connectivity index (χ3n) is 4.29. The first-order valence-corrected chi connectivity index (χ1v) is 8.28. The number of rotatable bonds is 3. The maximum atomic E-state index is 12.6. The Kier molecular flexibility index (Phi) is 4.38. The molecule has 0 spiro atoms. The molecule has 5 heteroatoms. The number of nitrogens with zero attached hydrogens (tertiary/aromatic N) is 2. The molecule has 2 unspecified atom stereocenters. The largest absolute Gasteiger partial charge is 0.379 e. The number of ether oxygens (including phenoxy) is 1. The first-order valence-electron chi connectivity index (χ1n) is 7.40.